The van der Waals surface area contributed by atoms with Crippen LogP contribution in [0.15, 0.2) is 79.0 Å². The highest BCUT2D eigenvalue weighted by atomic mass is 19.4. The predicted molar refractivity (Wildman–Crippen MR) is 133 cm³/mol. The summed E-state index contributed by atoms with van der Waals surface area (Å²) in [6.45, 7) is 1.94. The lowest BCUT2D eigenvalue weighted by molar-refractivity contribution is -0.192. The minimum absolute atomic E-state index is 0.0911. The summed E-state index contributed by atoms with van der Waals surface area (Å²) >= 11 is 0. The molecule has 1 aliphatic rings. The quantitative estimate of drug-likeness (QED) is 0.310. The number of fused-ring (bicyclic) bond motifs is 1. The van der Waals surface area contributed by atoms with Crippen molar-refractivity contribution in [2.75, 3.05) is 18.4 Å². The zero-order valence-corrected chi connectivity index (χ0v) is 20.0. The summed E-state index contributed by atoms with van der Waals surface area (Å²) in [7, 11) is 0. The molecule has 2 unspecified atom stereocenters. The predicted octanol–water partition coefficient (Wildman–Crippen LogP) is 5.19. The first-order chi connectivity index (χ1) is 18.1. The zero-order valence-electron chi connectivity index (χ0n) is 20.0. The van der Waals surface area contributed by atoms with Gasteiger partial charge in [-0.15, -0.1) is 0 Å². The molecule has 0 radical (unpaired) electrons. The molecule has 3 aromatic carbocycles. The number of H-pyrrole nitrogens is 1. The molecule has 11 heteroatoms. The molecule has 3 N–H and O–H groups in total. The van der Waals surface area contributed by atoms with Crippen molar-refractivity contribution >= 4 is 28.5 Å². The van der Waals surface area contributed by atoms with Gasteiger partial charge >= 0.3 is 12.1 Å². The number of nitrogens with one attached hydrogen (secondary N) is 2. The minimum atomic E-state index is -5.08. The number of carboxylic acid groups (broad SMARTS) is 1. The molecule has 1 amide bonds. The van der Waals surface area contributed by atoms with Gasteiger partial charge in [-0.05, 0) is 35.4 Å². The Labute approximate surface area is 215 Å². The summed E-state index contributed by atoms with van der Waals surface area (Å²) in [4.78, 5) is 24.4. The van der Waals surface area contributed by atoms with Gasteiger partial charge in [0, 0.05) is 36.6 Å². The molecule has 2 heterocycles. The van der Waals surface area contributed by atoms with Crippen LogP contribution in [-0.2, 0) is 16.1 Å². The summed E-state index contributed by atoms with van der Waals surface area (Å²) < 4.78 is 46.4. The lowest BCUT2D eigenvalue weighted by Crippen LogP contribution is -2.29. The molecule has 0 bridgehead atoms. The Bertz CT molecular complexity index is 1410. The SMILES string of the molecule is O=C(Nc1ccc2[nH]ncc2c1)C1CN(Cc2ccccc2)CC1c1ccccc1F.O=C(O)C(F)(F)F. The van der Waals surface area contributed by atoms with Gasteiger partial charge in [-0.2, -0.15) is 18.3 Å². The van der Waals surface area contributed by atoms with Crippen molar-refractivity contribution in [1.29, 1.82) is 0 Å². The second-order valence-electron chi connectivity index (χ2n) is 8.88. The lowest BCUT2D eigenvalue weighted by atomic mass is 9.88. The number of alkyl halides is 3. The van der Waals surface area contributed by atoms with Gasteiger partial charge in [-0.1, -0.05) is 48.5 Å². The lowest BCUT2D eigenvalue weighted by Gasteiger charge is -2.19. The number of aliphatic carboxylic acids is 1. The summed E-state index contributed by atoms with van der Waals surface area (Å²) in [6.07, 6.45) is -3.36. The first kappa shape index (κ1) is 26.8. The number of rotatable bonds is 5. The largest absolute Gasteiger partial charge is 0.490 e. The number of benzene rings is 3. The van der Waals surface area contributed by atoms with E-state index in [1.165, 1.54) is 11.6 Å². The number of nitrogens with zero attached hydrogens (tertiary/aromatic N) is 2. The normalized spacial score (nSPS) is 17.6. The number of aromatic nitrogens is 2. The maximum atomic E-state index is 14.6. The highest BCUT2D eigenvalue weighted by Gasteiger charge is 2.40. The van der Waals surface area contributed by atoms with Crippen molar-refractivity contribution in [2.45, 2.75) is 18.6 Å². The molecule has 4 aromatic rings. The van der Waals surface area contributed by atoms with Gasteiger partial charge in [0.2, 0.25) is 5.91 Å². The number of anilines is 1. The second-order valence-corrected chi connectivity index (χ2v) is 8.88. The van der Waals surface area contributed by atoms with Crippen LogP contribution in [0.5, 0.6) is 0 Å². The average Bonchev–Trinajstić information content (AvgIpc) is 3.51. The van der Waals surface area contributed by atoms with Crippen molar-refractivity contribution in [1.82, 2.24) is 15.1 Å². The van der Waals surface area contributed by atoms with Gasteiger partial charge in [0.15, 0.2) is 0 Å². The molecule has 5 rings (SSSR count). The van der Waals surface area contributed by atoms with Crippen molar-refractivity contribution in [3.05, 3.63) is 95.9 Å². The molecule has 38 heavy (non-hydrogen) atoms. The van der Waals surface area contributed by atoms with Crippen LogP contribution in [-0.4, -0.2) is 51.3 Å². The number of aromatic amines is 1. The zero-order chi connectivity index (χ0) is 27.3. The fraction of sp³-hybridized carbons (Fsp3) is 0.222. The standard InChI is InChI=1S/C25H23FN4O.C2HF3O2/c26-23-9-5-4-8-20(23)21-15-30(14-17-6-2-1-3-7-17)16-22(21)25(31)28-19-10-11-24-18(12-19)13-27-29-24;3-2(4,5)1(6)7/h1-13,21-22H,14-16H2,(H,27,29)(H,28,31);(H,6,7). The highest BCUT2D eigenvalue weighted by Crippen LogP contribution is 2.35. The van der Waals surface area contributed by atoms with Crippen LogP contribution in [0.3, 0.4) is 0 Å². The van der Waals surface area contributed by atoms with E-state index in [4.69, 9.17) is 9.90 Å². The van der Waals surface area contributed by atoms with E-state index >= 15 is 0 Å². The Morgan fingerprint density at radius 1 is 1.03 bits per heavy atom. The average molecular weight is 529 g/mol. The van der Waals surface area contributed by atoms with Crippen LogP contribution in [0, 0.1) is 11.7 Å². The van der Waals surface area contributed by atoms with Gasteiger partial charge in [0.1, 0.15) is 5.82 Å². The van der Waals surface area contributed by atoms with E-state index in [2.05, 4.69) is 32.5 Å². The molecular formula is C27H24F4N4O3. The van der Waals surface area contributed by atoms with E-state index in [0.717, 1.165) is 17.4 Å². The molecular weight excluding hydrogens is 504 g/mol. The van der Waals surface area contributed by atoms with Crippen LogP contribution in [0.1, 0.15) is 17.0 Å². The number of hydrogen-bond acceptors (Lipinski definition) is 4. The van der Waals surface area contributed by atoms with E-state index in [-0.39, 0.29) is 23.6 Å². The number of halogens is 4. The topological polar surface area (TPSA) is 98.3 Å². The minimum Gasteiger partial charge on any atom is -0.475 e. The third kappa shape index (κ3) is 6.54. The van der Waals surface area contributed by atoms with Crippen LogP contribution < -0.4 is 5.32 Å². The summed E-state index contributed by atoms with van der Waals surface area (Å²) in [5.41, 5.74) is 3.41. The summed E-state index contributed by atoms with van der Waals surface area (Å²) in [5.74, 6) is -3.66. The van der Waals surface area contributed by atoms with Gasteiger partial charge < -0.3 is 10.4 Å². The van der Waals surface area contributed by atoms with Crippen molar-refractivity contribution < 1.29 is 32.3 Å². The van der Waals surface area contributed by atoms with Gasteiger partial charge in [0.05, 0.1) is 17.6 Å². The highest BCUT2D eigenvalue weighted by molar-refractivity contribution is 5.95. The molecule has 1 saturated heterocycles. The number of hydrogen-bond donors (Lipinski definition) is 3. The van der Waals surface area contributed by atoms with E-state index in [1.54, 1.807) is 18.3 Å². The summed E-state index contributed by atoms with van der Waals surface area (Å²) in [6, 6.07) is 22.6. The molecule has 0 aliphatic carbocycles. The first-order valence-corrected chi connectivity index (χ1v) is 11.7. The Kier molecular flexibility index (Phi) is 8.06. The Morgan fingerprint density at radius 3 is 2.39 bits per heavy atom. The maximum absolute atomic E-state index is 14.6. The monoisotopic (exact) mass is 528 g/mol. The van der Waals surface area contributed by atoms with E-state index in [9.17, 15) is 22.4 Å². The van der Waals surface area contributed by atoms with Crippen LogP contribution >= 0.6 is 0 Å². The van der Waals surface area contributed by atoms with Crippen LogP contribution in [0.2, 0.25) is 0 Å². The molecule has 1 aliphatic heterocycles. The Balaban J connectivity index is 0.000000426. The van der Waals surface area contributed by atoms with Crippen molar-refractivity contribution in [3.63, 3.8) is 0 Å². The smallest absolute Gasteiger partial charge is 0.475 e. The van der Waals surface area contributed by atoms with Gasteiger partial charge in [0.25, 0.3) is 0 Å². The third-order valence-corrected chi connectivity index (χ3v) is 6.24. The van der Waals surface area contributed by atoms with Gasteiger partial charge in [-0.25, -0.2) is 9.18 Å². The number of likely N-dealkylation sites (tertiary alicyclic amines) is 1. The second kappa shape index (κ2) is 11.4. The van der Waals surface area contributed by atoms with E-state index in [0.29, 0.717) is 24.3 Å². The molecule has 0 spiro atoms. The number of amides is 1. The fourth-order valence-corrected chi connectivity index (χ4v) is 4.47. The molecule has 198 valence electrons. The first-order valence-electron chi connectivity index (χ1n) is 11.7. The molecule has 0 saturated carbocycles. The fourth-order valence-electron chi connectivity index (χ4n) is 4.47. The molecule has 1 fully saturated rings. The number of carboxylic acids is 1. The van der Waals surface area contributed by atoms with Crippen molar-refractivity contribution in [2.24, 2.45) is 5.92 Å². The molecule has 1 aromatic heterocycles. The molecule has 2 atom stereocenters. The van der Waals surface area contributed by atoms with Crippen LogP contribution in [0.4, 0.5) is 23.2 Å². The van der Waals surface area contributed by atoms with Gasteiger partial charge in [-0.3, -0.25) is 14.8 Å². The van der Waals surface area contributed by atoms with E-state index in [1.807, 2.05) is 42.5 Å². The Morgan fingerprint density at radius 2 is 1.71 bits per heavy atom. The van der Waals surface area contributed by atoms with Crippen molar-refractivity contribution in [3.8, 4) is 0 Å². The third-order valence-electron chi connectivity index (χ3n) is 6.24. The number of carbonyl (C=O) groups is 2. The van der Waals surface area contributed by atoms with E-state index < -0.39 is 12.1 Å². The number of carbonyl (C=O) groups excluding carboxylic acids is 1. The maximum Gasteiger partial charge on any atom is 0.490 e. The Hall–Kier alpha value is -4.25. The molecule has 7 nitrogen and oxygen atoms in total. The summed E-state index contributed by atoms with van der Waals surface area (Å²) in [5, 5.41) is 18.0. The van der Waals surface area contributed by atoms with Crippen LogP contribution in [0.25, 0.3) is 10.9 Å².